The number of hydrogen-bond acceptors (Lipinski definition) is 3. The highest BCUT2D eigenvalue weighted by molar-refractivity contribution is 7.99. The van der Waals surface area contributed by atoms with Gasteiger partial charge in [0, 0.05) is 16.7 Å². The molecule has 2 aromatic carbocycles. The summed E-state index contributed by atoms with van der Waals surface area (Å²) in [6, 6.07) is 13.5. The van der Waals surface area contributed by atoms with Gasteiger partial charge in [0.05, 0.1) is 7.11 Å². The van der Waals surface area contributed by atoms with E-state index in [1.165, 1.54) is 17.6 Å². The number of halogens is 1. The molecule has 0 saturated heterocycles. The first-order chi connectivity index (χ1) is 10.2. The van der Waals surface area contributed by atoms with Crippen LogP contribution >= 0.6 is 11.8 Å². The van der Waals surface area contributed by atoms with Gasteiger partial charge in [0.25, 0.3) is 0 Å². The number of benzene rings is 2. The molecule has 0 saturated carbocycles. The number of aryl methyl sites for hydroxylation is 1. The fourth-order valence-corrected chi connectivity index (χ4v) is 3.31. The van der Waals surface area contributed by atoms with Crippen molar-refractivity contribution >= 4 is 11.8 Å². The van der Waals surface area contributed by atoms with Crippen molar-refractivity contribution in [2.45, 2.75) is 17.9 Å². The summed E-state index contributed by atoms with van der Waals surface area (Å²) in [7, 11) is 3.37. The molecule has 0 fully saturated rings. The van der Waals surface area contributed by atoms with E-state index in [1.54, 1.807) is 23.9 Å². The fraction of sp³-hybridized carbons (Fsp3) is 0.294. The lowest BCUT2D eigenvalue weighted by Gasteiger charge is -2.17. The average Bonchev–Trinajstić information content (AvgIpc) is 2.50. The molecular formula is C17H20FNOS. The van der Waals surface area contributed by atoms with Crippen LogP contribution in [0.3, 0.4) is 0 Å². The molecule has 1 atom stereocenters. The summed E-state index contributed by atoms with van der Waals surface area (Å²) in [5.41, 5.74) is 2.19. The zero-order valence-corrected chi connectivity index (χ0v) is 13.3. The molecule has 1 N–H and O–H groups in total. The van der Waals surface area contributed by atoms with Crippen molar-refractivity contribution in [2.75, 3.05) is 19.9 Å². The smallest absolute Gasteiger partial charge is 0.165 e. The Hall–Kier alpha value is -1.52. The predicted molar refractivity (Wildman–Crippen MR) is 86.7 cm³/mol. The molecule has 0 spiro atoms. The van der Waals surface area contributed by atoms with Crippen LogP contribution in [-0.4, -0.2) is 19.9 Å². The van der Waals surface area contributed by atoms with E-state index < -0.39 is 0 Å². The molecule has 21 heavy (non-hydrogen) atoms. The molecular weight excluding hydrogens is 285 g/mol. The maximum Gasteiger partial charge on any atom is 0.165 e. The maximum atomic E-state index is 13.8. The molecule has 0 aliphatic heterocycles. The molecule has 0 radical (unpaired) electrons. The first kappa shape index (κ1) is 15.9. The number of methoxy groups -OCH3 is 1. The molecule has 2 aromatic rings. The maximum absolute atomic E-state index is 13.8. The van der Waals surface area contributed by atoms with Gasteiger partial charge in [0.1, 0.15) is 0 Å². The quantitative estimate of drug-likeness (QED) is 0.808. The molecule has 0 heterocycles. The van der Waals surface area contributed by atoms with Crippen molar-refractivity contribution in [3.8, 4) is 5.75 Å². The lowest BCUT2D eigenvalue weighted by molar-refractivity contribution is 0.385. The third-order valence-electron chi connectivity index (χ3n) is 3.43. The van der Waals surface area contributed by atoms with Gasteiger partial charge in [0.2, 0.25) is 0 Å². The second-order valence-corrected chi connectivity index (χ2v) is 5.87. The van der Waals surface area contributed by atoms with Gasteiger partial charge in [-0.3, -0.25) is 0 Å². The molecule has 4 heteroatoms. The Kier molecular flexibility index (Phi) is 5.65. The van der Waals surface area contributed by atoms with Crippen LogP contribution in [0.15, 0.2) is 47.4 Å². The zero-order valence-electron chi connectivity index (χ0n) is 12.5. The fourth-order valence-electron chi connectivity index (χ4n) is 2.14. The Bertz CT molecular complexity index is 603. The predicted octanol–water partition coefficient (Wildman–Crippen LogP) is 4.20. The van der Waals surface area contributed by atoms with Gasteiger partial charge in [-0.05, 0) is 43.3 Å². The van der Waals surface area contributed by atoms with Gasteiger partial charge in [-0.2, -0.15) is 0 Å². The van der Waals surface area contributed by atoms with E-state index in [0.29, 0.717) is 0 Å². The lowest BCUT2D eigenvalue weighted by Crippen LogP contribution is -2.19. The van der Waals surface area contributed by atoms with E-state index in [4.69, 9.17) is 4.74 Å². The molecule has 2 rings (SSSR count). The highest BCUT2D eigenvalue weighted by atomic mass is 32.2. The van der Waals surface area contributed by atoms with Crippen LogP contribution in [0.25, 0.3) is 0 Å². The molecule has 112 valence electrons. The molecule has 0 aliphatic carbocycles. The summed E-state index contributed by atoms with van der Waals surface area (Å²) < 4.78 is 18.8. The highest BCUT2D eigenvalue weighted by Crippen LogP contribution is 2.28. The van der Waals surface area contributed by atoms with E-state index in [1.807, 2.05) is 25.2 Å². The van der Waals surface area contributed by atoms with Crippen molar-refractivity contribution in [2.24, 2.45) is 0 Å². The molecule has 0 aromatic heterocycles. The Balaban J connectivity index is 2.10. The van der Waals surface area contributed by atoms with E-state index in [-0.39, 0.29) is 17.6 Å². The van der Waals surface area contributed by atoms with Crippen molar-refractivity contribution in [3.05, 3.63) is 59.4 Å². The topological polar surface area (TPSA) is 21.3 Å². The van der Waals surface area contributed by atoms with E-state index in [2.05, 4.69) is 24.4 Å². The minimum Gasteiger partial charge on any atom is -0.494 e. The van der Waals surface area contributed by atoms with Gasteiger partial charge in [-0.25, -0.2) is 4.39 Å². The lowest BCUT2D eigenvalue weighted by atomic mass is 10.1. The largest absolute Gasteiger partial charge is 0.494 e. The summed E-state index contributed by atoms with van der Waals surface area (Å²) in [5, 5.41) is 3.24. The molecule has 1 unspecified atom stereocenters. The monoisotopic (exact) mass is 305 g/mol. The molecule has 0 aliphatic rings. The van der Waals surface area contributed by atoms with Crippen LogP contribution < -0.4 is 10.1 Å². The summed E-state index contributed by atoms with van der Waals surface area (Å²) in [5.74, 6) is 0.795. The number of thioether (sulfide) groups is 1. The van der Waals surface area contributed by atoms with Gasteiger partial charge in [-0.1, -0.05) is 24.3 Å². The van der Waals surface area contributed by atoms with Crippen LogP contribution in [0, 0.1) is 12.7 Å². The Morgan fingerprint density at radius 1 is 1.24 bits per heavy atom. The van der Waals surface area contributed by atoms with Gasteiger partial charge in [0.15, 0.2) is 11.6 Å². The minimum absolute atomic E-state index is 0.0926. The second-order valence-electron chi connectivity index (χ2n) is 4.81. The number of nitrogens with one attached hydrogen (secondary N) is 1. The first-order valence-corrected chi connectivity index (χ1v) is 7.83. The van der Waals surface area contributed by atoms with E-state index >= 15 is 0 Å². The minimum atomic E-state index is -0.323. The summed E-state index contributed by atoms with van der Waals surface area (Å²) >= 11 is 1.77. The summed E-state index contributed by atoms with van der Waals surface area (Å²) in [6.45, 7) is 2.10. The van der Waals surface area contributed by atoms with Crippen molar-refractivity contribution in [3.63, 3.8) is 0 Å². The Morgan fingerprint density at radius 2 is 2.00 bits per heavy atom. The van der Waals surface area contributed by atoms with Crippen molar-refractivity contribution in [1.82, 2.24) is 5.32 Å². The van der Waals surface area contributed by atoms with Gasteiger partial charge >= 0.3 is 0 Å². The van der Waals surface area contributed by atoms with Gasteiger partial charge in [-0.15, -0.1) is 11.8 Å². The highest BCUT2D eigenvalue weighted by Gasteiger charge is 2.13. The number of rotatable bonds is 6. The van der Waals surface area contributed by atoms with Gasteiger partial charge < -0.3 is 10.1 Å². The first-order valence-electron chi connectivity index (χ1n) is 6.85. The van der Waals surface area contributed by atoms with Crippen LogP contribution in [0.1, 0.15) is 17.2 Å². The third kappa shape index (κ3) is 3.99. The van der Waals surface area contributed by atoms with Crippen molar-refractivity contribution in [1.29, 1.82) is 0 Å². The Morgan fingerprint density at radius 3 is 2.62 bits per heavy atom. The average molecular weight is 305 g/mol. The number of hydrogen-bond donors (Lipinski definition) is 1. The van der Waals surface area contributed by atoms with Crippen molar-refractivity contribution < 1.29 is 9.13 Å². The standard InChI is InChI=1S/C17H20FNOS/c1-12-6-4-5-7-17(12)21-11-15(19-2)13-8-9-16(20-3)14(18)10-13/h4-10,15,19H,11H2,1-3H3. The van der Waals surface area contributed by atoms with E-state index in [0.717, 1.165) is 11.3 Å². The molecule has 0 bridgehead atoms. The third-order valence-corrected chi connectivity index (χ3v) is 4.69. The molecule has 2 nitrogen and oxygen atoms in total. The van der Waals surface area contributed by atoms with Crippen LogP contribution in [-0.2, 0) is 0 Å². The second kappa shape index (κ2) is 7.48. The molecule has 0 amide bonds. The normalized spacial score (nSPS) is 12.2. The van der Waals surface area contributed by atoms with Crippen LogP contribution in [0.2, 0.25) is 0 Å². The number of ether oxygens (including phenoxy) is 1. The Labute approximate surface area is 129 Å². The van der Waals surface area contributed by atoms with Crippen LogP contribution in [0.4, 0.5) is 4.39 Å². The SMILES string of the molecule is CNC(CSc1ccccc1C)c1ccc(OC)c(F)c1. The van der Waals surface area contributed by atoms with E-state index in [9.17, 15) is 4.39 Å². The summed E-state index contributed by atoms with van der Waals surface area (Å²) in [4.78, 5) is 1.26. The summed E-state index contributed by atoms with van der Waals surface area (Å²) in [6.07, 6.45) is 0. The van der Waals surface area contributed by atoms with Crippen LogP contribution in [0.5, 0.6) is 5.75 Å². The zero-order chi connectivity index (χ0) is 15.2.